The van der Waals surface area contributed by atoms with E-state index in [2.05, 4.69) is 0 Å². The summed E-state index contributed by atoms with van der Waals surface area (Å²) in [5.41, 5.74) is 0.00957. The van der Waals surface area contributed by atoms with E-state index < -0.39 is 42.4 Å². The fourth-order valence-corrected chi connectivity index (χ4v) is 3.53. The van der Waals surface area contributed by atoms with Crippen LogP contribution in [-0.2, 0) is 20.2 Å². The first kappa shape index (κ1) is 21.2. The van der Waals surface area contributed by atoms with Crippen molar-refractivity contribution in [1.29, 1.82) is 0 Å². The highest BCUT2D eigenvalue weighted by atomic mass is 32.2. The molecule has 0 radical (unpaired) electrons. The Labute approximate surface area is 146 Å². The lowest BCUT2D eigenvalue weighted by atomic mass is 9.97. The fourth-order valence-electron chi connectivity index (χ4n) is 2.20. The van der Waals surface area contributed by atoms with Gasteiger partial charge in [-0.05, 0) is 44.4 Å². The molecule has 0 unspecified atom stereocenters. The first-order chi connectivity index (χ1) is 11.3. The van der Waals surface area contributed by atoms with Gasteiger partial charge in [0.1, 0.15) is 16.4 Å². The molecule has 0 saturated carbocycles. The van der Waals surface area contributed by atoms with Gasteiger partial charge >= 0.3 is 0 Å². The van der Waals surface area contributed by atoms with E-state index in [0.717, 1.165) is 6.07 Å². The van der Waals surface area contributed by atoms with Gasteiger partial charge in [0.05, 0.1) is 11.3 Å². The van der Waals surface area contributed by atoms with Gasteiger partial charge in [-0.15, -0.1) is 0 Å². The molecular weight excluding hydrogens is 372 g/mol. The highest BCUT2D eigenvalue weighted by Crippen LogP contribution is 2.37. The molecule has 0 aliphatic carbocycles. The molecule has 25 heavy (non-hydrogen) atoms. The van der Waals surface area contributed by atoms with Gasteiger partial charge in [-0.25, -0.2) is 0 Å². The van der Waals surface area contributed by atoms with Crippen molar-refractivity contribution in [2.75, 3.05) is 5.75 Å². The van der Waals surface area contributed by atoms with Crippen LogP contribution in [0.3, 0.4) is 0 Å². The third-order valence-corrected chi connectivity index (χ3v) is 5.24. The van der Waals surface area contributed by atoms with Gasteiger partial charge in [-0.3, -0.25) is 9.11 Å². The maximum Gasteiger partial charge on any atom is 0.294 e. The smallest absolute Gasteiger partial charge is 0.294 e. The lowest BCUT2D eigenvalue weighted by Crippen LogP contribution is -2.07. The van der Waals surface area contributed by atoms with E-state index in [1.54, 1.807) is 6.92 Å². The summed E-state index contributed by atoms with van der Waals surface area (Å²) in [7, 11) is -8.83. The number of aliphatic hydroxyl groups is 1. The third kappa shape index (κ3) is 5.30. The van der Waals surface area contributed by atoms with Gasteiger partial charge in [0, 0.05) is 5.56 Å². The van der Waals surface area contributed by atoms with E-state index in [1.165, 1.54) is 26.0 Å². The number of phenols is 1. The van der Waals surface area contributed by atoms with Crippen molar-refractivity contribution in [1.82, 2.24) is 0 Å². The summed E-state index contributed by atoms with van der Waals surface area (Å²) < 4.78 is 62.6. The molecule has 1 aromatic rings. The Hall–Kier alpha value is -1.88. The molecule has 0 bridgehead atoms. The number of hydrogen-bond donors (Lipinski definition) is 4. The molecule has 0 aromatic heterocycles. The fraction of sp³-hybridized carbons (Fsp3) is 0.333. The van der Waals surface area contributed by atoms with Gasteiger partial charge in [-0.1, -0.05) is 12.2 Å². The van der Waals surface area contributed by atoms with Crippen LogP contribution in [0.2, 0.25) is 0 Å². The highest BCUT2D eigenvalue weighted by Gasteiger charge is 2.23. The average Bonchev–Trinajstić information content (AvgIpc) is 2.46. The average molecular weight is 392 g/mol. The number of aromatic hydroxyl groups is 1. The Morgan fingerprint density at radius 1 is 1.20 bits per heavy atom. The van der Waals surface area contributed by atoms with Crippen molar-refractivity contribution >= 4 is 32.1 Å². The number of rotatable bonds is 6. The quantitative estimate of drug-likeness (QED) is 0.426. The largest absolute Gasteiger partial charge is 0.507 e. The molecule has 0 spiro atoms. The number of aliphatic hydroxyl groups excluding tert-OH is 1. The van der Waals surface area contributed by atoms with Gasteiger partial charge in [0.15, 0.2) is 0 Å². The number of hydrogen-bond acceptors (Lipinski definition) is 6. The summed E-state index contributed by atoms with van der Waals surface area (Å²) in [5.74, 6) is -1.63. The summed E-state index contributed by atoms with van der Waals surface area (Å²) in [6, 6.07) is 1.09. The summed E-state index contributed by atoms with van der Waals surface area (Å²) in [6.07, 6.45) is 2.75. The molecule has 4 N–H and O–H groups in total. The number of allylic oxidation sites excluding steroid dienone is 2. The molecule has 0 amide bonds. The molecule has 10 heteroatoms. The molecule has 1 rings (SSSR count). The van der Waals surface area contributed by atoms with Crippen molar-refractivity contribution in [3.05, 3.63) is 34.4 Å². The third-order valence-electron chi connectivity index (χ3n) is 3.54. The van der Waals surface area contributed by atoms with Crippen LogP contribution < -0.4 is 0 Å². The van der Waals surface area contributed by atoms with Crippen LogP contribution in [0, 0.1) is 6.92 Å². The SMILES string of the molecule is C/C=C\c1cc(S(=O)(=O)O)c(C)c(O)c1/C(O)=C(/C)CCS(=O)(=O)O. The lowest BCUT2D eigenvalue weighted by molar-refractivity contribution is 0.448. The summed E-state index contributed by atoms with van der Waals surface area (Å²) in [6.45, 7) is 4.29. The first-order valence-electron chi connectivity index (χ1n) is 7.10. The predicted molar refractivity (Wildman–Crippen MR) is 93.6 cm³/mol. The van der Waals surface area contributed by atoms with Crippen LogP contribution in [0.5, 0.6) is 5.75 Å². The molecule has 0 atom stereocenters. The van der Waals surface area contributed by atoms with Crippen molar-refractivity contribution in [3.8, 4) is 5.75 Å². The minimum atomic E-state index is -4.59. The van der Waals surface area contributed by atoms with Crippen molar-refractivity contribution in [3.63, 3.8) is 0 Å². The minimum Gasteiger partial charge on any atom is -0.507 e. The second-order valence-electron chi connectivity index (χ2n) is 5.45. The Morgan fingerprint density at radius 2 is 1.76 bits per heavy atom. The topological polar surface area (TPSA) is 149 Å². The van der Waals surface area contributed by atoms with E-state index in [0.29, 0.717) is 0 Å². The monoisotopic (exact) mass is 392 g/mol. The second kappa shape index (κ2) is 7.56. The Balaban J connectivity index is 3.66. The molecule has 140 valence electrons. The highest BCUT2D eigenvalue weighted by molar-refractivity contribution is 7.86. The Kier molecular flexibility index (Phi) is 6.40. The maximum atomic E-state index is 11.4. The normalized spacial score (nSPS) is 14.0. The van der Waals surface area contributed by atoms with Crippen LogP contribution >= 0.6 is 0 Å². The molecule has 0 saturated heterocycles. The van der Waals surface area contributed by atoms with Crippen molar-refractivity contribution in [2.24, 2.45) is 0 Å². The van der Waals surface area contributed by atoms with Crippen LogP contribution in [0.4, 0.5) is 0 Å². The molecule has 1 aromatic carbocycles. The van der Waals surface area contributed by atoms with Gasteiger partial charge in [-0.2, -0.15) is 16.8 Å². The Morgan fingerprint density at radius 3 is 2.20 bits per heavy atom. The number of benzene rings is 1. The van der Waals surface area contributed by atoms with E-state index in [9.17, 15) is 31.6 Å². The molecule has 8 nitrogen and oxygen atoms in total. The summed E-state index contributed by atoms with van der Waals surface area (Å²) >= 11 is 0. The zero-order valence-corrected chi connectivity index (χ0v) is 15.5. The van der Waals surface area contributed by atoms with Gasteiger partial charge in [0.25, 0.3) is 20.2 Å². The van der Waals surface area contributed by atoms with E-state index in [-0.39, 0.29) is 28.7 Å². The first-order valence-corrected chi connectivity index (χ1v) is 10.2. The molecule has 0 fully saturated rings. The van der Waals surface area contributed by atoms with E-state index in [1.807, 2.05) is 0 Å². The lowest BCUT2D eigenvalue weighted by Gasteiger charge is -2.15. The predicted octanol–water partition coefficient (Wildman–Crippen LogP) is 2.55. The zero-order valence-electron chi connectivity index (χ0n) is 13.9. The van der Waals surface area contributed by atoms with Crippen molar-refractivity contribution in [2.45, 2.75) is 32.1 Å². The molecule has 0 aliphatic heterocycles. The Bertz CT molecular complexity index is 938. The maximum absolute atomic E-state index is 11.4. The van der Waals surface area contributed by atoms with Gasteiger partial charge in [0.2, 0.25) is 0 Å². The zero-order chi connectivity index (χ0) is 19.6. The minimum absolute atomic E-state index is 0.101. The second-order valence-corrected chi connectivity index (χ2v) is 8.41. The van der Waals surface area contributed by atoms with Crippen LogP contribution in [0.25, 0.3) is 11.8 Å². The van der Waals surface area contributed by atoms with Crippen LogP contribution in [0.1, 0.15) is 37.0 Å². The van der Waals surface area contributed by atoms with E-state index >= 15 is 0 Å². The van der Waals surface area contributed by atoms with Crippen molar-refractivity contribution < 1.29 is 36.2 Å². The van der Waals surface area contributed by atoms with Crippen LogP contribution in [0.15, 0.2) is 22.6 Å². The molecular formula is C15H20O8S2. The van der Waals surface area contributed by atoms with Crippen LogP contribution in [-0.4, -0.2) is 41.9 Å². The standard InChI is InChI=1S/C15H20O8S2/c1-4-5-11-8-12(25(21,22)23)10(3)15(17)13(11)14(16)9(2)6-7-24(18,19)20/h4-5,8,16-17H,6-7H2,1-3H3,(H,18,19,20)(H,21,22,23)/b5-4-,14-9+. The summed E-state index contributed by atoms with van der Waals surface area (Å²) in [5, 5.41) is 20.7. The molecule has 0 heterocycles. The van der Waals surface area contributed by atoms with Gasteiger partial charge < -0.3 is 10.2 Å². The number of phenolic OH excluding ortho intramolecular Hbond substituents is 1. The molecule has 0 aliphatic rings. The van der Waals surface area contributed by atoms with E-state index in [4.69, 9.17) is 4.55 Å². The summed E-state index contributed by atoms with van der Waals surface area (Å²) in [4.78, 5) is -0.509.